The molecule has 12 nitrogen and oxygen atoms in total. The molecule has 0 radical (unpaired) electrons. The molecule has 1 aliphatic heterocycles. The summed E-state index contributed by atoms with van der Waals surface area (Å²) in [6.45, 7) is -2.27. The predicted molar refractivity (Wildman–Crippen MR) is 196 cm³/mol. The minimum Gasteiger partial charge on any atom is -0.447 e. The van der Waals surface area contributed by atoms with E-state index in [-0.39, 0.29) is 44.1 Å². The van der Waals surface area contributed by atoms with Gasteiger partial charge in [0.1, 0.15) is 24.0 Å². The topological polar surface area (TPSA) is 159 Å². The molecule has 0 spiro atoms. The third-order valence-corrected chi connectivity index (χ3v) is 11.7. The van der Waals surface area contributed by atoms with E-state index in [1.165, 1.54) is 66.7 Å². The van der Waals surface area contributed by atoms with Crippen molar-refractivity contribution in [2.24, 2.45) is 5.41 Å². The van der Waals surface area contributed by atoms with Gasteiger partial charge in [-0.2, -0.15) is 31.7 Å². The van der Waals surface area contributed by atoms with Crippen molar-refractivity contribution in [2.75, 3.05) is 12.9 Å². The van der Waals surface area contributed by atoms with Crippen LogP contribution in [0.5, 0.6) is 0 Å². The molecule has 1 saturated heterocycles. The summed E-state index contributed by atoms with van der Waals surface area (Å²) in [4.78, 5) is 32.5. The third kappa shape index (κ3) is 8.07. The molecule has 1 saturated carbocycles. The van der Waals surface area contributed by atoms with Gasteiger partial charge < -0.3 is 15.4 Å². The fourth-order valence-corrected chi connectivity index (χ4v) is 7.53. The number of halogens is 8. The second-order valence-corrected chi connectivity index (χ2v) is 17.2. The zero-order valence-corrected chi connectivity index (χ0v) is 32.3. The molecule has 3 N–H and O–H groups in total. The highest BCUT2D eigenvalue weighted by Gasteiger charge is 2.60. The van der Waals surface area contributed by atoms with Crippen LogP contribution in [0.1, 0.15) is 56.8 Å². The van der Waals surface area contributed by atoms with Crippen molar-refractivity contribution in [3.8, 4) is 22.5 Å². The number of hydrogen-bond donors (Lipinski definition) is 3. The van der Waals surface area contributed by atoms with Crippen molar-refractivity contribution >= 4 is 39.4 Å². The van der Waals surface area contributed by atoms with Gasteiger partial charge in [0, 0.05) is 11.8 Å². The molecule has 58 heavy (non-hydrogen) atoms. The number of carbonyl (C=O) groups excluding carboxylic acids is 2. The maximum atomic E-state index is 14.9. The SMILES string of the molecule is CC(C)(C[C@]1(c2ccc(-c3ccc(S(C)(=O)=O)cc3)cc2)NC(=N)N([C@H](COC(=O)NC2(C(F)F)CC2)c2ccc(Cl)c(-c3ncnn3C(F)F)c2)C1=O)C(F)(F)F. The molecule has 21 heteroatoms. The van der Waals surface area contributed by atoms with Gasteiger partial charge in [0.15, 0.2) is 21.6 Å². The summed E-state index contributed by atoms with van der Waals surface area (Å²) in [6, 6.07) is 13.7. The fourth-order valence-electron chi connectivity index (χ4n) is 6.70. The van der Waals surface area contributed by atoms with Crippen LogP contribution in [0, 0.1) is 10.8 Å². The number of sulfone groups is 1. The van der Waals surface area contributed by atoms with E-state index in [1.807, 2.05) is 0 Å². The zero-order chi connectivity index (χ0) is 42.6. The van der Waals surface area contributed by atoms with Crippen LogP contribution in [0.15, 0.2) is 78.0 Å². The van der Waals surface area contributed by atoms with E-state index in [2.05, 4.69) is 20.7 Å². The number of guanidine groups is 1. The molecule has 4 aromatic rings. The number of hydrogen-bond acceptors (Lipinski definition) is 8. The molecule has 310 valence electrons. The summed E-state index contributed by atoms with van der Waals surface area (Å²) >= 11 is 6.39. The minimum absolute atomic E-state index is 0.00886. The van der Waals surface area contributed by atoms with Crippen LogP contribution in [0.4, 0.5) is 35.5 Å². The summed E-state index contributed by atoms with van der Waals surface area (Å²) in [5.74, 6) is -2.26. The van der Waals surface area contributed by atoms with Gasteiger partial charge in [0.05, 0.1) is 21.4 Å². The molecule has 2 heterocycles. The highest BCUT2D eigenvalue weighted by molar-refractivity contribution is 7.90. The van der Waals surface area contributed by atoms with Gasteiger partial charge in [-0.05, 0) is 65.8 Å². The van der Waals surface area contributed by atoms with Crippen LogP contribution in [0.2, 0.25) is 5.02 Å². The molecular weight excluding hydrogens is 823 g/mol. The third-order valence-electron chi connectivity index (χ3n) is 10.2. The van der Waals surface area contributed by atoms with Gasteiger partial charge in [0.25, 0.3) is 12.3 Å². The van der Waals surface area contributed by atoms with Crippen molar-refractivity contribution in [3.63, 3.8) is 0 Å². The number of rotatable bonds is 13. The van der Waals surface area contributed by atoms with E-state index in [1.54, 1.807) is 0 Å². The lowest BCUT2D eigenvalue weighted by atomic mass is 9.73. The summed E-state index contributed by atoms with van der Waals surface area (Å²) < 4.78 is 128. The smallest absolute Gasteiger partial charge is 0.407 e. The van der Waals surface area contributed by atoms with E-state index in [4.69, 9.17) is 21.7 Å². The Labute approximate surface area is 332 Å². The van der Waals surface area contributed by atoms with Crippen molar-refractivity contribution < 1.29 is 53.5 Å². The number of alkyl halides is 7. The summed E-state index contributed by atoms with van der Waals surface area (Å²) in [7, 11) is -3.51. The Hall–Kier alpha value is -5.24. The Morgan fingerprint density at radius 2 is 1.62 bits per heavy atom. The first-order valence-electron chi connectivity index (χ1n) is 17.4. The van der Waals surface area contributed by atoms with Crippen molar-refractivity contribution in [1.82, 2.24) is 30.3 Å². The lowest BCUT2D eigenvalue weighted by molar-refractivity contribution is -0.218. The van der Waals surface area contributed by atoms with Crippen LogP contribution < -0.4 is 10.6 Å². The molecule has 2 amide bonds. The number of nitrogens with zero attached hydrogens (tertiary/aromatic N) is 4. The monoisotopic (exact) mass is 857 g/mol. The second kappa shape index (κ2) is 15.2. The number of ether oxygens (including phenoxy) is 1. The van der Waals surface area contributed by atoms with Gasteiger partial charge in [0.2, 0.25) is 0 Å². The largest absolute Gasteiger partial charge is 0.447 e. The van der Waals surface area contributed by atoms with E-state index in [0.717, 1.165) is 31.3 Å². The number of alkyl carbamates (subject to hydrolysis) is 1. The molecule has 2 fully saturated rings. The number of aromatic nitrogens is 3. The van der Waals surface area contributed by atoms with E-state index >= 15 is 0 Å². The van der Waals surface area contributed by atoms with E-state index in [0.29, 0.717) is 11.1 Å². The van der Waals surface area contributed by atoms with Gasteiger partial charge in [-0.25, -0.2) is 27.0 Å². The van der Waals surface area contributed by atoms with Crippen LogP contribution >= 0.6 is 11.6 Å². The predicted octanol–water partition coefficient (Wildman–Crippen LogP) is 7.87. The average molecular weight is 858 g/mol. The highest BCUT2D eigenvalue weighted by atomic mass is 35.5. The molecular formula is C37H35ClF7N7O5S. The van der Waals surface area contributed by atoms with Gasteiger partial charge in [-0.15, -0.1) is 0 Å². The normalized spacial score (nSPS) is 18.7. The number of amides is 2. The van der Waals surface area contributed by atoms with Crippen molar-refractivity contribution in [2.45, 2.75) is 74.3 Å². The van der Waals surface area contributed by atoms with Crippen LogP contribution in [0.25, 0.3) is 22.5 Å². The maximum absolute atomic E-state index is 14.9. The molecule has 1 aliphatic carbocycles. The van der Waals surface area contributed by atoms with Crippen LogP contribution in [-0.2, 0) is 24.9 Å². The molecule has 6 rings (SSSR count). The second-order valence-electron chi connectivity index (χ2n) is 14.7. The fraction of sp³-hybridized carbons (Fsp3) is 0.378. The Morgan fingerprint density at radius 1 is 1.02 bits per heavy atom. The van der Waals surface area contributed by atoms with Gasteiger partial charge in [-0.1, -0.05) is 67.9 Å². The first-order chi connectivity index (χ1) is 27.0. The quantitative estimate of drug-likeness (QED) is 0.115. The molecule has 0 bridgehead atoms. The number of nitrogens with one attached hydrogen (secondary N) is 3. The zero-order valence-electron chi connectivity index (χ0n) is 30.8. The number of carbonyl (C=O) groups is 2. The van der Waals surface area contributed by atoms with E-state index < -0.39 is 88.3 Å². The first-order valence-corrected chi connectivity index (χ1v) is 19.7. The first kappa shape index (κ1) is 42.4. The molecule has 0 unspecified atom stereocenters. The summed E-state index contributed by atoms with van der Waals surface area (Å²) in [6.07, 6.45) is -8.29. The van der Waals surface area contributed by atoms with Gasteiger partial charge in [-0.3, -0.25) is 15.1 Å². The summed E-state index contributed by atoms with van der Waals surface area (Å²) in [5.41, 5.74) is -5.83. The summed E-state index contributed by atoms with van der Waals surface area (Å²) in [5, 5.41) is 17.2. The molecule has 2 aliphatic rings. The Morgan fingerprint density at radius 3 is 2.16 bits per heavy atom. The molecule has 1 aromatic heterocycles. The minimum atomic E-state index is -4.87. The highest BCUT2D eigenvalue weighted by Crippen LogP contribution is 2.49. The lowest BCUT2D eigenvalue weighted by Crippen LogP contribution is -2.50. The van der Waals surface area contributed by atoms with E-state index in [9.17, 15) is 48.7 Å². The standard InChI is InChI=1S/C37H35ClF7N7O5S/c1-34(2,37(43,44)45)18-36(23-9-4-20(5-10-23)21-6-11-24(12-7-21)58(3,55)56)30(53)51(32(46)49-36)27(17-57-33(54)50-35(14-15-35)29(39)40)22-8-13-26(38)25(16-22)28-47-19-48-52(28)31(41)42/h4-13,16,19,27,29,31H,14-15,17-18H2,1-3H3,(H2,46,49)(H,50,54)/t27-,36-/m1/s1. The Kier molecular flexibility index (Phi) is 11.1. The lowest BCUT2D eigenvalue weighted by Gasteiger charge is -2.37. The van der Waals surface area contributed by atoms with Gasteiger partial charge >= 0.3 is 18.8 Å². The van der Waals surface area contributed by atoms with Crippen molar-refractivity contribution in [3.05, 3.63) is 89.2 Å². The molecule has 2 atom stereocenters. The number of benzene rings is 3. The van der Waals surface area contributed by atoms with Crippen LogP contribution in [0.3, 0.4) is 0 Å². The van der Waals surface area contributed by atoms with Crippen LogP contribution in [-0.4, -0.2) is 77.0 Å². The molecule has 3 aromatic carbocycles. The Balaban J connectivity index is 1.43. The maximum Gasteiger partial charge on any atom is 0.407 e. The Bertz CT molecular complexity index is 2340. The van der Waals surface area contributed by atoms with Crippen molar-refractivity contribution in [1.29, 1.82) is 5.41 Å². The average Bonchev–Trinajstić information content (AvgIpc) is 3.68.